The summed E-state index contributed by atoms with van der Waals surface area (Å²) in [6.45, 7) is 1.96. The van der Waals surface area contributed by atoms with E-state index in [1.807, 2.05) is 23.6 Å². The van der Waals surface area contributed by atoms with Crippen LogP contribution in [0.5, 0.6) is 11.5 Å². The van der Waals surface area contributed by atoms with Gasteiger partial charge < -0.3 is 14.2 Å². The Morgan fingerprint density at radius 3 is 2.61 bits per heavy atom. The number of ketones is 1. The molecule has 3 atom stereocenters. The number of halogens is 1. The van der Waals surface area contributed by atoms with E-state index in [1.54, 1.807) is 19.1 Å². The molecule has 3 aromatic rings. The van der Waals surface area contributed by atoms with E-state index in [-0.39, 0.29) is 37.9 Å². The first kappa shape index (κ1) is 24.4. The van der Waals surface area contributed by atoms with Gasteiger partial charge >= 0.3 is 5.97 Å². The van der Waals surface area contributed by atoms with Crippen molar-refractivity contribution in [1.82, 2.24) is 0 Å². The second-order valence-corrected chi connectivity index (χ2v) is 10.3. The minimum absolute atomic E-state index is 0.000801. The molecule has 0 bridgehead atoms. The Labute approximate surface area is 222 Å². The third-order valence-electron chi connectivity index (χ3n) is 7.25. The Morgan fingerprint density at radius 1 is 1.08 bits per heavy atom. The molecule has 1 aliphatic carbocycles. The van der Waals surface area contributed by atoms with Crippen molar-refractivity contribution >= 4 is 34.7 Å². The first-order valence-electron chi connectivity index (χ1n) is 12.4. The summed E-state index contributed by atoms with van der Waals surface area (Å²) in [7, 11) is 0. The fourth-order valence-electron chi connectivity index (χ4n) is 5.61. The monoisotopic (exact) mass is 533 g/mol. The van der Waals surface area contributed by atoms with Crippen molar-refractivity contribution in [3.05, 3.63) is 87.5 Å². The zero-order chi connectivity index (χ0) is 26.4. The zero-order valence-corrected chi connectivity index (χ0v) is 21.3. The average molecular weight is 534 g/mol. The number of rotatable bonds is 5. The van der Waals surface area contributed by atoms with Crippen LogP contribution in [-0.2, 0) is 19.1 Å². The van der Waals surface area contributed by atoms with Gasteiger partial charge in [0.05, 0.1) is 6.61 Å². The lowest BCUT2D eigenvalue weighted by atomic mass is 9.69. The summed E-state index contributed by atoms with van der Waals surface area (Å²) in [5, 5.41) is 1.89. The van der Waals surface area contributed by atoms with Gasteiger partial charge in [0.15, 0.2) is 17.3 Å². The lowest BCUT2D eigenvalue weighted by molar-refractivity contribution is -0.152. The van der Waals surface area contributed by atoms with E-state index in [0.717, 1.165) is 10.4 Å². The molecular formula is C29H24FNO6S. The highest BCUT2D eigenvalue weighted by molar-refractivity contribution is 7.10. The number of carbonyl (C=O) groups is 3. The number of Topliss-reactive ketones (excluding diaryl/α,β-unsaturated/α-hetero) is 1. The second kappa shape index (κ2) is 9.72. The molecule has 194 valence electrons. The van der Waals surface area contributed by atoms with E-state index in [0.29, 0.717) is 28.5 Å². The van der Waals surface area contributed by atoms with Gasteiger partial charge in [0.25, 0.3) is 0 Å². The van der Waals surface area contributed by atoms with Crippen LogP contribution in [0.25, 0.3) is 0 Å². The number of ether oxygens (including phenoxy) is 3. The number of nitrogens with zero attached hydrogens (tertiary/aromatic N) is 1. The van der Waals surface area contributed by atoms with Gasteiger partial charge in [-0.1, -0.05) is 12.1 Å². The molecule has 0 unspecified atom stereocenters. The van der Waals surface area contributed by atoms with E-state index < -0.39 is 29.5 Å². The molecule has 2 aliphatic heterocycles. The number of amides is 1. The summed E-state index contributed by atoms with van der Waals surface area (Å²) in [6, 6.07) is 14.8. The first-order chi connectivity index (χ1) is 18.5. The van der Waals surface area contributed by atoms with Crippen LogP contribution in [0.15, 0.2) is 71.2 Å². The number of hydrogen-bond donors (Lipinski definition) is 0. The van der Waals surface area contributed by atoms with Crippen LogP contribution < -0.4 is 14.4 Å². The smallest absolute Gasteiger partial charge is 0.317 e. The number of esters is 1. The predicted molar refractivity (Wildman–Crippen MR) is 138 cm³/mol. The van der Waals surface area contributed by atoms with Crippen LogP contribution in [0.1, 0.15) is 42.0 Å². The molecule has 3 aliphatic rings. The minimum Gasteiger partial charge on any atom is -0.465 e. The van der Waals surface area contributed by atoms with Crippen LogP contribution in [-0.4, -0.2) is 31.1 Å². The molecule has 0 spiro atoms. The summed E-state index contributed by atoms with van der Waals surface area (Å²) in [6.07, 6.45) is 0.274. The number of allylic oxidation sites excluding steroid dienone is 2. The van der Waals surface area contributed by atoms with Crippen LogP contribution >= 0.6 is 11.3 Å². The van der Waals surface area contributed by atoms with E-state index in [4.69, 9.17) is 14.2 Å². The average Bonchev–Trinajstić information content (AvgIpc) is 3.61. The summed E-state index contributed by atoms with van der Waals surface area (Å²) < 4.78 is 30.1. The Hall–Kier alpha value is -3.98. The topological polar surface area (TPSA) is 82.1 Å². The predicted octanol–water partition coefficient (Wildman–Crippen LogP) is 5.33. The third kappa shape index (κ3) is 4.07. The van der Waals surface area contributed by atoms with Gasteiger partial charge in [-0.25, -0.2) is 4.39 Å². The molecule has 6 rings (SSSR count). The maximum Gasteiger partial charge on any atom is 0.317 e. The molecular weight excluding hydrogens is 509 g/mol. The number of anilines is 1. The van der Waals surface area contributed by atoms with Crippen molar-refractivity contribution in [2.45, 2.75) is 31.6 Å². The van der Waals surface area contributed by atoms with E-state index in [2.05, 4.69) is 0 Å². The van der Waals surface area contributed by atoms with Crippen molar-refractivity contribution in [3.8, 4) is 11.5 Å². The molecule has 3 heterocycles. The van der Waals surface area contributed by atoms with Gasteiger partial charge in [0.1, 0.15) is 11.7 Å². The quantitative estimate of drug-likeness (QED) is 0.326. The van der Waals surface area contributed by atoms with Gasteiger partial charge in [0, 0.05) is 40.1 Å². The lowest BCUT2D eigenvalue weighted by Crippen LogP contribution is -2.46. The number of carbonyl (C=O) groups excluding carboxylic acids is 3. The maximum atomic E-state index is 14.3. The molecule has 38 heavy (non-hydrogen) atoms. The Morgan fingerprint density at radius 2 is 1.87 bits per heavy atom. The molecule has 2 aromatic carbocycles. The van der Waals surface area contributed by atoms with Crippen molar-refractivity contribution in [2.75, 3.05) is 18.3 Å². The molecule has 1 amide bonds. The molecule has 0 saturated heterocycles. The van der Waals surface area contributed by atoms with Crippen LogP contribution in [0.2, 0.25) is 0 Å². The highest BCUT2D eigenvalue weighted by atomic mass is 32.1. The van der Waals surface area contributed by atoms with Gasteiger partial charge in [-0.3, -0.25) is 19.3 Å². The van der Waals surface area contributed by atoms with Gasteiger partial charge in [0.2, 0.25) is 12.7 Å². The van der Waals surface area contributed by atoms with Gasteiger partial charge in [-0.15, -0.1) is 11.3 Å². The zero-order valence-electron chi connectivity index (χ0n) is 20.5. The minimum atomic E-state index is -1.04. The summed E-state index contributed by atoms with van der Waals surface area (Å²) in [4.78, 5) is 43.6. The van der Waals surface area contributed by atoms with Crippen LogP contribution in [0, 0.1) is 11.7 Å². The fourth-order valence-corrected chi connectivity index (χ4v) is 6.47. The Kier molecular flexibility index (Phi) is 6.23. The van der Waals surface area contributed by atoms with Crippen LogP contribution in [0.3, 0.4) is 0 Å². The third-order valence-corrected chi connectivity index (χ3v) is 8.26. The summed E-state index contributed by atoms with van der Waals surface area (Å²) >= 11 is 1.45. The summed E-state index contributed by atoms with van der Waals surface area (Å²) in [5.41, 5.74) is 2.12. The molecule has 1 aromatic heterocycles. The van der Waals surface area contributed by atoms with E-state index in [1.165, 1.54) is 40.5 Å². The van der Waals surface area contributed by atoms with Crippen molar-refractivity contribution < 1.29 is 33.0 Å². The highest BCUT2D eigenvalue weighted by Gasteiger charge is 2.50. The van der Waals surface area contributed by atoms with Crippen molar-refractivity contribution in [1.29, 1.82) is 0 Å². The van der Waals surface area contributed by atoms with Gasteiger partial charge in [-0.05, 0) is 66.8 Å². The Bertz CT molecular complexity index is 1450. The standard InChI is InChI=1S/C29H24FNO6S/c1-2-35-29(34)27-20(24-4-3-11-38-24)13-21-26(28(27)33)19(16-5-10-22-23(12-16)37-15-36-22)14-25(32)31(21)18-8-6-17(30)7-9-18/h3-12,19-20,27H,2,13-15H2,1H3/t19-,20-,27-/m0/s1. The number of thiophene rings is 1. The largest absolute Gasteiger partial charge is 0.465 e. The number of fused-ring (bicyclic) bond motifs is 1. The fraction of sp³-hybridized carbons (Fsp3) is 0.276. The van der Waals surface area contributed by atoms with E-state index >= 15 is 0 Å². The molecule has 0 saturated carbocycles. The summed E-state index contributed by atoms with van der Waals surface area (Å²) in [5.74, 6) is -2.55. The van der Waals surface area contributed by atoms with Crippen LogP contribution in [0.4, 0.5) is 10.1 Å². The SMILES string of the molecule is CCOC(=O)[C@@H]1C(=O)C2=C(C[C@H]1c1cccs1)N(c1ccc(F)cc1)C(=O)C[C@H]2c1ccc2c(c1)OCO2. The normalized spacial score (nSPS) is 22.5. The number of benzene rings is 2. The first-order valence-corrected chi connectivity index (χ1v) is 13.3. The van der Waals surface area contributed by atoms with E-state index in [9.17, 15) is 18.8 Å². The highest BCUT2D eigenvalue weighted by Crippen LogP contribution is 2.50. The Balaban J connectivity index is 1.54. The molecule has 7 nitrogen and oxygen atoms in total. The van der Waals surface area contributed by atoms with Crippen molar-refractivity contribution in [2.24, 2.45) is 5.92 Å². The molecule has 0 radical (unpaired) electrons. The molecule has 0 fully saturated rings. The molecule has 0 N–H and O–H groups in total. The van der Waals surface area contributed by atoms with Gasteiger partial charge in [-0.2, -0.15) is 0 Å². The maximum absolute atomic E-state index is 14.3. The van der Waals surface area contributed by atoms with Crippen molar-refractivity contribution in [3.63, 3.8) is 0 Å². The second-order valence-electron chi connectivity index (χ2n) is 9.36. The lowest BCUT2D eigenvalue weighted by Gasteiger charge is -2.42. The molecule has 9 heteroatoms. The number of hydrogen-bond acceptors (Lipinski definition) is 7.